The molecule has 15 heavy (non-hydrogen) atoms. The predicted molar refractivity (Wildman–Crippen MR) is 63.0 cm³/mol. The van der Waals surface area contributed by atoms with Gasteiger partial charge in [0.05, 0.1) is 6.61 Å². The van der Waals surface area contributed by atoms with E-state index in [2.05, 4.69) is 29.6 Å². The fourth-order valence-electron chi connectivity index (χ4n) is 2.64. The summed E-state index contributed by atoms with van der Waals surface area (Å²) in [5.74, 6) is 1.11. The third-order valence-electron chi connectivity index (χ3n) is 3.52. The first kappa shape index (κ1) is 10.8. The Hall–Kier alpha value is -0.730. The van der Waals surface area contributed by atoms with E-state index in [1.54, 1.807) is 0 Å². The van der Waals surface area contributed by atoms with Gasteiger partial charge in [-0.25, -0.2) is 0 Å². The molecule has 1 fully saturated rings. The summed E-state index contributed by atoms with van der Waals surface area (Å²) in [7, 11) is 0. The SMILES string of the molecule is Cl.c1ccc2c(c1)OCC21CCNCC1. The van der Waals surface area contributed by atoms with Crippen molar-refractivity contribution in [2.24, 2.45) is 0 Å². The second-order valence-electron chi connectivity index (χ2n) is 4.32. The van der Waals surface area contributed by atoms with Gasteiger partial charge in [-0.15, -0.1) is 12.4 Å². The van der Waals surface area contributed by atoms with E-state index in [0.717, 1.165) is 25.4 Å². The van der Waals surface area contributed by atoms with E-state index < -0.39 is 0 Å². The van der Waals surface area contributed by atoms with Gasteiger partial charge in [-0.1, -0.05) is 18.2 Å². The average Bonchev–Trinajstić information content (AvgIpc) is 2.60. The minimum Gasteiger partial charge on any atom is -0.492 e. The Balaban J connectivity index is 0.000000853. The van der Waals surface area contributed by atoms with E-state index in [1.807, 2.05) is 0 Å². The third-order valence-corrected chi connectivity index (χ3v) is 3.52. The van der Waals surface area contributed by atoms with Crippen molar-refractivity contribution in [1.29, 1.82) is 0 Å². The van der Waals surface area contributed by atoms with Crippen molar-refractivity contribution in [3.05, 3.63) is 29.8 Å². The normalized spacial score (nSPS) is 21.6. The lowest BCUT2D eigenvalue weighted by Gasteiger charge is -2.32. The quantitative estimate of drug-likeness (QED) is 0.731. The van der Waals surface area contributed by atoms with Crippen LogP contribution in [0.4, 0.5) is 0 Å². The Bertz CT molecular complexity index is 342. The summed E-state index contributed by atoms with van der Waals surface area (Å²) < 4.78 is 5.76. The molecular weight excluding hydrogens is 210 g/mol. The van der Waals surface area contributed by atoms with Gasteiger partial charge < -0.3 is 10.1 Å². The molecule has 0 unspecified atom stereocenters. The van der Waals surface area contributed by atoms with Crippen LogP contribution in [0.5, 0.6) is 5.75 Å². The molecule has 0 bridgehead atoms. The first-order valence-electron chi connectivity index (χ1n) is 5.34. The first-order chi connectivity index (χ1) is 6.91. The molecule has 2 heterocycles. The zero-order chi connectivity index (χ0) is 9.43. The van der Waals surface area contributed by atoms with Crippen LogP contribution < -0.4 is 10.1 Å². The van der Waals surface area contributed by atoms with Crippen molar-refractivity contribution in [2.75, 3.05) is 19.7 Å². The van der Waals surface area contributed by atoms with Crippen LogP contribution in [0.1, 0.15) is 18.4 Å². The highest BCUT2D eigenvalue weighted by Crippen LogP contribution is 2.43. The Kier molecular flexibility index (Phi) is 2.89. The van der Waals surface area contributed by atoms with Crippen LogP contribution >= 0.6 is 12.4 Å². The summed E-state index contributed by atoms with van der Waals surface area (Å²) in [6.45, 7) is 3.13. The first-order valence-corrected chi connectivity index (χ1v) is 5.34. The third kappa shape index (κ3) is 1.62. The van der Waals surface area contributed by atoms with Crippen LogP contribution in [0, 0.1) is 0 Å². The standard InChI is InChI=1S/C12H15NO.ClH/c1-2-4-11-10(3-1)12(9-14-11)5-7-13-8-6-12;/h1-4,13H,5-9H2;1H. The van der Waals surface area contributed by atoms with Gasteiger partial charge in [0, 0.05) is 11.0 Å². The van der Waals surface area contributed by atoms with E-state index >= 15 is 0 Å². The lowest BCUT2D eigenvalue weighted by molar-refractivity contribution is 0.220. The molecule has 0 aliphatic carbocycles. The number of ether oxygens (including phenoxy) is 1. The molecule has 0 radical (unpaired) electrons. The number of piperidine rings is 1. The van der Waals surface area contributed by atoms with Crippen LogP contribution in [0.25, 0.3) is 0 Å². The van der Waals surface area contributed by atoms with Gasteiger partial charge in [0.15, 0.2) is 0 Å². The van der Waals surface area contributed by atoms with Gasteiger partial charge in [0.25, 0.3) is 0 Å². The predicted octanol–water partition coefficient (Wildman–Crippen LogP) is 2.12. The van der Waals surface area contributed by atoms with E-state index in [-0.39, 0.29) is 12.4 Å². The fourth-order valence-corrected chi connectivity index (χ4v) is 2.64. The molecular formula is C12H16ClNO. The van der Waals surface area contributed by atoms with Crippen molar-refractivity contribution in [3.63, 3.8) is 0 Å². The minimum absolute atomic E-state index is 0. The molecule has 1 N–H and O–H groups in total. The lowest BCUT2D eigenvalue weighted by atomic mass is 9.75. The Morgan fingerprint density at radius 1 is 1.13 bits per heavy atom. The van der Waals surface area contributed by atoms with Gasteiger partial charge in [-0.05, 0) is 32.0 Å². The van der Waals surface area contributed by atoms with E-state index in [4.69, 9.17) is 4.74 Å². The highest BCUT2D eigenvalue weighted by atomic mass is 35.5. The molecule has 3 heteroatoms. The highest BCUT2D eigenvalue weighted by molar-refractivity contribution is 5.85. The topological polar surface area (TPSA) is 21.3 Å². The number of benzene rings is 1. The molecule has 1 aromatic rings. The second-order valence-corrected chi connectivity index (χ2v) is 4.32. The molecule has 1 spiro atoms. The lowest BCUT2D eigenvalue weighted by Crippen LogP contribution is -2.40. The van der Waals surface area contributed by atoms with Crippen molar-refractivity contribution >= 4 is 12.4 Å². The maximum atomic E-state index is 5.76. The van der Waals surface area contributed by atoms with Gasteiger partial charge in [0.2, 0.25) is 0 Å². The molecule has 0 aromatic heterocycles. The summed E-state index contributed by atoms with van der Waals surface area (Å²) in [5, 5.41) is 3.41. The Morgan fingerprint density at radius 3 is 2.67 bits per heavy atom. The van der Waals surface area contributed by atoms with Gasteiger partial charge in [-0.2, -0.15) is 0 Å². The number of hydrogen-bond acceptors (Lipinski definition) is 2. The Labute approximate surface area is 96.4 Å². The maximum Gasteiger partial charge on any atom is 0.123 e. The molecule has 2 aliphatic heterocycles. The molecule has 0 saturated carbocycles. The molecule has 1 aromatic carbocycles. The summed E-state index contributed by atoms with van der Waals surface area (Å²) in [6, 6.07) is 8.50. The average molecular weight is 226 g/mol. The largest absolute Gasteiger partial charge is 0.492 e. The number of para-hydroxylation sites is 1. The number of halogens is 1. The number of hydrogen-bond donors (Lipinski definition) is 1. The second kappa shape index (κ2) is 4.03. The van der Waals surface area contributed by atoms with Crippen LogP contribution in [0.3, 0.4) is 0 Å². The van der Waals surface area contributed by atoms with Crippen molar-refractivity contribution < 1.29 is 4.74 Å². The molecule has 0 amide bonds. The molecule has 3 rings (SSSR count). The molecule has 0 atom stereocenters. The molecule has 1 saturated heterocycles. The van der Waals surface area contributed by atoms with Gasteiger partial charge in [-0.3, -0.25) is 0 Å². The van der Waals surface area contributed by atoms with Crippen LogP contribution in [-0.4, -0.2) is 19.7 Å². The summed E-state index contributed by atoms with van der Waals surface area (Å²) in [6.07, 6.45) is 2.42. The van der Waals surface area contributed by atoms with E-state index in [1.165, 1.54) is 18.4 Å². The monoisotopic (exact) mass is 225 g/mol. The number of nitrogens with one attached hydrogen (secondary N) is 1. The van der Waals surface area contributed by atoms with Gasteiger partial charge in [0.1, 0.15) is 5.75 Å². The zero-order valence-electron chi connectivity index (χ0n) is 8.66. The fraction of sp³-hybridized carbons (Fsp3) is 0.500. The smallest absolute Gasteiger partial charge is 0.123 e. The number of fused-ring (bicyclic) bond motifs is 2. The Morgan fingerprint density at radius 2 is 1.87 bits per heavy atom. The zero-order valence-corrected chi connectivity index (χ0v) is 9.48. The molecule has 2 nitrogen and oxygen atoms in total. The molecule has 82 valence electrons. The van der Waals surface area contributed by atoms with Crippen molar-refractivity contribution in [1.82, 2.24) is 5.32 Å². The van der Waals surface area contributed by atoms with Crippen molar-refractivity contribution in [3.8, 4) is 5.75 Å². The minimum atomic E-state index is 0. The van der Waals surface area contributed by atoms with E-state index in [9.17, 15) is 0 Å². The number of rotatable bonds is 0. The van der Waals surface area contributed by atoms with E-state index in [0.29, 0.717) is 5.41 Å². The van der Waals surface area contributed by atoms with Crippen molar-refractivity contribution in [2.45, 2.75) is 18.3 Å². The van der Waals surface area contributed by atoms with Crippen LogP contribution in [0.2, 0.25) is 0 Å². The van der Waals surface area contributed by atoms with Crippen LogP contribution in [0.15, 0.2) is 24.3 Å². The maximum absolute atomic E-state index is 5.76. The summed E-state index contributed by atoms with van der Waals surface area (Å²) in [4.78, 5) is 0. The van der Waals surface area contributed by atoms with Crippen LogP contribution in [-0.2, 0) is 5.41 Å². The summed E-state index contributed by atoms with van der Waals surface area (Å²) in [5.41, 5.74) is 1.75. The molecule has 2 aliphatic rings. The highest BCUT2D eigenvalue weighted by Gasteiger charge is 2.40. The van der Waals surface area contributed by atoms with Gasteiger partial charge >= 0.3 is 0 Å². The summed E-state index contributed by atoms with van der Waals surface area (Å²) >= 11 is 0.